The SMILES string of the molecule is CC(=O)c1ccc(S(=O)(=O)CCOc2cccc(C)c2)cc1. The molecule has 0 saturated carbocycles. The Kier molecular flexibility index (Phi) is 4.98. The average molecular weight is 318 g/mol. The van der Waals surface area contributed by atoms with Crippen LogP contribution in [-0.2, 0) is 9.84 Å². The van der Waals surface area contributed by atoms with Crippen LogP contribution in [0.1, 0.15) is 22.8 Å². The molecule has 22 heavy (non-hydrogen) atoms. The van der Waals surface area contributed by atoms with Crippen molar-refractivity contribution in [3.63, 3.8) is 0 Å². The first-order valence-electron chi connectivity index (χ1n) is 6.92. The molecule has 0 heterocycles. The summed E-state index contributed by atoms with van der Waals surface area (Å²) < 4.78 is 29.9. The highest BCUT2D eigenvalue weighted by molar-refractivity contribution is 7.91. The number of sulfone groups is 1. The molecule has 2 aromatic rings. The molecule has 0 amide bonds. The number of carbonyl (C=O) groups is 1. The van der Waals surface area contributed by atoms with Crippen molar-refractivity contribution >= 4 is 15.6 Å². The van der Waals surface area contributed by atoms with Crippen LogP contribution in [-0.4, -0.2) is 26.6 Å². The Labute approximate surface area is 130 Å². The Balaban J connectivity index is 2.00. The number of ether oxygens (including phenoxy) is 1. The minimum absolute atomic E-state index is 0.0836. The maximum atomic E-state index is 12.2. The molecule has 0 aromatic heterocycles. The summed E-state index contributed by atoms with van der Waals surface area (Å²) in [5.74, 6) is 0.453. The van der Waals surface area contributed by atoms with E-state index >= 15 is 0 Å². The molecule has 116 valence electrons. The average Bonchev–Trinajstić information content (AvgIpc) is 2.47. The van der Waals surface area contributed by atoms with Gasteiger partial charge in [0.1, 0.15) is 12.4 Å². The monoisotopic (exact) mass is 318 g/mol. The lowest BCUT2D eigenvalue weighted by atomic mass is 10.2. The van der Waals surface area contributed by atoms with Gasteiger partial charge in [0.2, 0.25) is 0 Å². The Hall–Kier alpha value is -2.14. The molecule has 0 N–H and O–H groups in total. The number of benzene rings is 2. The molecule has 0 unspecified atom stereocenters. The van der Waals surface area contributed by atoms with Crippen molar-refractivity contribution in [2.45, 2.75) is 18.7 Å². The molecule has 0 spiro atoms. The molecule has 0 aliphatic rings. The molecule has 0 atom stereocenters. The molecule has 0 aliphatic heterocycles. The molecule has 2 aromatic carbocycles. The van der Waals surface area contributed by atoms with Crippen LogP contribution >= 0.6 is 0 Å². The fraction of sp³-hybridized carbons (Fsp3) is 0.235. The number of hydrogen-bond acceptors (Lipinski definition) is 4. The summed E-state index contributed by atoms with van der Waals surface area (Å²) in [6, 6.07) is 13.4. The lowest BCUT2D eigenvalue weighted by Crippen LogP contribution is -2.14. The Morgan fingerprint density at radius 1 is 1.09 bits per heavy atom. The summed E-state index contributed by atoms with van der Waals surface area (Å²) in [4.78, 5) is 11.4. The van der Waals surface area contributed by atoms with Gasteiger partial charge >= 0.3 is 0 Å². The van der Waals surface area contributed by atoms with E-state index in [4.69, 9.17) is 4.74 Å². The Bertz CT molecular complexity index is 762. The van der Waals surface area contributed by atoms with Gasteiger partial charge in [0.05, 0.1) is 10.6 Å². The van der Waals surface area contributed by atoms with Crippen molar-refractivity contribution in [3.8, 4) is 5.75 Å². The summed E-state index contributed by atoms with van der Waals surface area (Å²) in [5, 5.41) is 0. The van der Waals surface area contributed by atoms with E-state index in [1.165, 1.54) is 31.2 Å². The van der Waals surface area contributed by atoms with Gasteiger partial charge in [-0.25, -0.2) is 8.42 Å². The third-order valence-corrected chi connectivity index (χ3v) is 4.92. The number of carbonyl (C=O) groups excluding carboxylic acids is 1. The van der Waals surface area contributed by atoms with E-state index in [2.05, 4.69) is 0 Å². The predicted molar refractivity (Wildman–Crippen MR) is 85.2 cm³/mol. The van der Waals surface area contributed by atoms with E-state index in [-0.39, 0.29) is 23.0 Å². The van der Waals surface area contributed by atoms with Crippen LogP contribution in [0.15, 0.2) is 53.4 Å². The molecule has 4 nitrogen and oxygen atoms in total. The molecule has 0 radical (unpaired) electrons. The largest absolute Gasteiger partial charge is 0.493 e. The number of aryl methyl sites for hydroxylation is 1. The normalized spacial score (nSPS) is 11.2. The first-order chi connectivity index (χ1) is 10.4. The summed E-state index contributed by atoms with van der Waals surface area (Å²) in [7, 11) is -3.42. The number of Topliss-reactive ketones (excluding diaryl/α,β-unsaturated/α-hetero) is 1. The smallest absolute Gasteiger partial charge is 0.181 e. The molecule has 5 heteroatoms. The second kappa shape index (κ2) is 6.75. The Morgan fingerprint density at radius 3 is 2.36 bits per heavy atom. The summed E-state index contributed by atoms with van der Waals surface area (Å²) in [5.41, 5.74) is 1.55. The van der Waals surface area contributed by atoms with Crippen LogP contribution in [0.5, 0.6) is 5.75 Å². The quantitative estimate of drug-likeness (QED) is 0.768. The fourth-order valence-electron chi connectivity index (χ4n) is 1.99. The van der Waals surface area contributed by atoms with Gasteiger partial charge in [-0.05, 0) is 43.7 Å². The summed E-state index contributed by atoms with van der Waals surface area (Å²) in [6.45, 7) is 3.47. The van der Waals surface area contributed by atoms with Gasteiger partial charge < -0.3 is 4.74 Å². The van der Waals surface area contributed by atoms with Gasteiger partial charge in [0.15, 0.2) is 15.6 Å². The van der Waals surface area contributed by atoms with Crippen LogP contribution in [0.2, 0.25) is 0 Å². The van der Waals surface area contributed by atoms with E-state index in [1.54, 1.807) is 6.07 Å². The molecular weight excluding hydrogens is 300 g/mol. The van der Waals surface area contributed by atoms with Gasteiger partial charge in [-0.3, -0.25) is 4.79 Å². The topological polar surface area (TPSA) is 60.4 Å². The number of ketones is 1. The van der Waals surface area contributed by atoms with Crippen LogP contribution in [0, 0.1) is 6.92 Å². The molecule has 2 rings (SSSR count). The van der Waals surface area contributed by atoms with Crippen molar-refractivity contribution in [1.82, 2.24) is 0 Å². The molecule has 0 fully saturated rings. The summed E-state index contributed by atoms with van der Waals surface area (Å²) >= 11 is 0. The molecule has 0 saturated heterocycles. The van der Waals surface area contributed by atoms with Gasteiger partial charge in [-0.15, -0.1) is 0 Å². The number of hydrogen-bond donors (Lipinski definition) is 0. The maximum Gasteiger partial charge on any atom is 0.181 e. The van der Waals surface area contributed by atoms with E-state index < -0.39 is 9.84 Å². The molecular formula is C17H18O4S. The third kappa shape index (κ3) is 4.18. The standard InChI is InChI=1S/C17H18O4S/c1-13-4-3-5-16(12-13)21-10-11-22(19,20)17-8-6-15(7-9-17)14(2)18/h3-9,12H,10-11H2,1-2H3. The van der Waals surface area contributed by atoms with E-state index in [1.807, 2.05) is 25.1 Å². The van der Waals surface area contributed by atoms with Crippen LogP contribution in [0.3, 0.4) is 0 Å². The zero-order valence-corrected chi connectivity index (χ0v) is 13.4. The van der Waals surface area contributed by atoms with Crippen molar-refractivity contribution in [3.05, 3.63) is 59.7 Å². The minimum atomic E-state index is -3.42. The second-order valence-electron chi connectivity index (χ2n) is 5.06. The van der Waals surface area contributed by atoms with Crippen LogP contribution in [0.25, 0.3) is 0 Å². The van der Waals surface area contributed by atoms with Crippen LogP contribution in [0.4, 0.5) is 0 Å². The van der Waals surface area contributed by atoms with Crippen molar-refractivity contribution < 1.29 is 17.9 Å². The van der Waals surface area contributed by atoms with Gasteiger partial charge in [-0.1, -0.05) is 24.3 Å². The van der Waals surface area contributed by atoms with Crippen molar-refractivity contribution in [1.29, 1.82) is 0 Å². The van der Waals surface area contributed by atoms with Gasteiger partial charge in [0, 0.05) is 5.56 Å². The van der Waals surface area contributed by atoms with Gasteiger partial charge in [0.25, 0.3) is 0 Å². The van der Waals surface area contributed by atoms with Crippen molar-refractivity contribution in [2.75, 3.05) is 12.4 Å². The predicted octanol–water partition coefficient (Wildman–Crippen LogP) is 3.05. The van der Waals surface area contributed by atoms with Crippen LogP contribution < -0.4 is 4.74 Å². The zero-order chi connectivity index (χ0) is 16.2. The molecule has 0 bridgehead atoms. The highest BCUT2D eigenvalue weighted by atomic mass is 32.2. The lowest BCUT2D eigenvalue weighted by Gasteiger charge is -2.08. The zero-order valence-electron chi connectivity index (χ0n) is 12.6. The van der Waals surface area contributed by atoms with Gasteiger partial charge in [-0.2, -0.15) is 0 Å². The van der Waals surface area contributed by atoms with Crippen molar-refractivity contribution in [2.24, 2.45) is 0 Å². The molecule has 0 aliphatic carbocycles. The van der Waals surface area contributed by atoms with E-state index in [0.717, 1.165) is 5.56 Å². The summed E-state index contributed by atoms with van der Waals surface area (Å²) in [6.07, 6.45) is 0. The Morgan fingerprint density at radius 2 is 1.77 bits per heavy atom. The van der Waals surface area contributed by atoms with E-state index in [9.17, 15) is 13.2 Å². The lowest BCUT2D eigenvalue weighted by molar-refractivity contribution is 0.101. The first-order valence-corrected chi connectivity index (χ1v) is 8.57. The fourth-order valence-corrected chi connectivity index (χ4v) is 3.08. The first kappa shape index (κ1) is 16.2. The highest BCUT2D eigenvalue weighted by Crippen LogP contribution is 2.15. The number of rotatable bonds is 6. The highest BCUT2D eigenvalue weighted by Gasteiger charge is 2.15. The second-order valence-corrected chi connectivity index (χ2v) is 7.17. The van der Waals surface area contributed by atoms with E-state index in [0.29, 0.717) is 11.3 Å². The third-order valence-electron chi connectivity index (χ3n) is 3.23. The maximum absolute atomic E-state index is 12.2. The minimum Gasteiger partial charge on any atom is -0.493 e.